The molecule has 2 N–H and O–H groups in total. The smallest absolute Gasteiger partial charge is 0.322 e. The monoisotopic (exact) mass is 524 g/mol. The van der Waals surface area contributed by atoms with Gasteiger partial charge in [0, 0.05) is 28.6 Å². The summed E-state index contributed by atoms with van der Waals surface area (Å²) in [6, 6.07) is 35.5. The maximum Gasteiger partial charge on any atom is 0.322 e. The van der Waals surface area contributed by atoms with E-state index in [4.69, 9.17) is 0 Å². The van der Waals surface area contributed by atoms with E-state index in [1.54, 1.807) is 16.7 Å². The van der Waals surface area contributed by atoms with E-state index in [-0.39, 0.29) is 6.03 Å². The van der Waals surface area contributed by atoms with Gasteiger partial charge < -0.3 is 10.4 Å². The lowest BCUT2D eigenvalue weighted by molar-refractivity contribution is -0.138. The molecule has 38 heavy (non-hydrogen) atoms. The molecule has 0 aliphatic rings. The topological polar surface area (TPSA) is 69.6 Å². The summed E-state index contributed by atoms with van der Waals surface area (Å²) in [4.78, 5) is 28.6. The van der Waals surface area contributed by atoms with Crippen molar-refractivity contribution in [2.24, 2.45) is 0 Å². The molecule has 1 unspecified atom stereocenters. The van der Waals surface area contributed by atoms with Crippen molar-refractivity contribution in [1.82, 2.24) is 5.32 Å². The van der Waals surface area contributed by atoms with Gasteiger partial charge in [-0.05, 0) is 59.9 Å². The first-order chi connectivity index (χ1) is 18.5. The van der Waals surface area contributed by atoms with E-state index in [2.05, 4.69) is 17.4 Å². The Bertz CT molecular complexity index is 1330. The molecule has 2 amide bonds. The zero-order chi connectivity index (χ0) is 26.7. The van der Waals surface area contributed by atoms with E-state index in [9.17, 15) is 14.7 Å². The molecule has 0 radical (unpaired) electrons. The molecule has 5 nitrogen and oxygen atoms in total. The van der Waals surface area contributed by atoms with Crippen molar-refractivity contribution < 1.29 is 14.7 Å². The third kappa shape index (κ3) is 7.49. The zero-order valence-electron chi connectivity index (χ0n) is 21.4. The maximum atomic E-state index is 13.4. The Morgan fingerprint density at radius 1 is 0.816 bits per heavy atom. The predicted octanol–water partition coefficient (Wildman–Crippen LogP) is 7.37. The van der Waals surface area contributed by atoms with Gasteiger partial charge >= 0.3 is 12.0 Å². The highest BCUT2D eigenvalue weighted by Crippen LogP contribution is 2.32. The minimum atomic E-state index is -0.804. The first-order valence-corrected chi connectivity index (χ1v) is 13.6. The lowest BCUT2D eigenvalue weighted by atomic mass is 9.97. The zero-order valence-corrected chi connectivity index (χ0v) is 22.2. The molecule has 4 aromatic rings. The highest BCUT2D eigenvalue weighted by Gasteiger charge is 2.18. The van der Waals surface area contributed by atoms with Crippen LogP contribution in [-0.2, 0) is 17.8 Å². The number of carboxylic acids is 1. The number of carbonyl (C=O) groups is 2. The third-order valence-electron chi connectivity index (χ3n) is 6.35. The van der Waals surface area contributed by atoms with Crippen molar-refractivity contribution in [3.8, 4) is 0 Å². The molecule has 0 heterocycles. The first kappa shape index (κ1) is 27.0. The molecular formula is C32H32N2O3S. The van der Waals surface area contributed by atoms with Crippen LogP contribution in [-0.4, -0.2) is 23.7 Å². The second-order valence-electron chi connectivity index (χ2n) is 9.00. The minimum Gasteiger partial charge on any atom is -0.481 e. The van der Waals surface area contributed by atoms with Crippen LogP contribution in [0.25, 0.3) is 0 Å². The van der Waals surface area contributed by atoms with Gasteiger partial charge in [0.15, 0.2) is 0 Å². The fourth-order valence-electron chi connectivity index (χ4n) is 4.27. The van der Waals surface area contributed by atoms with Gasteiger partial charge in [0.05, 0.1) is 5.92 Å². The average Bonchev–Trinajstić information content (AvgIpc) is 2.94. The van der Waals surface area contributed by atoms with Crippen LogP contribution in [0, 0.1) is 0 Å². The minimum absolute atomic E-state index is 0.143. The summed E-state index contributed by atoms with van der Waals surface area (Å²) in [6.45, 7) is 2.88. The number of nitrogens with zero attached hydrogens (tertiary/aromatic N) is 1. The first-order valence-electron chi connectivity index (χ1n) is 12.8. The number of carbonyl (C=O) groups excluding carboxylic acids is 1. The molecule has 0 bridgehead atoms. The molecule has 4 rings (SSSR count). The summed E-state index contributed by atoms with van der Waals surface area (Å²) in [5.74, 6) is -1.30. The lowest BCUT2D eigenvalue weighted by Gasteiger charge is -2.24. The van der Waals surface area contributed by atoms with Crippen molar-refractivity contribution in [3.63, 3.8) is 0 Å². The molecule has 194 valence electrons. The quantitative estimate of drug-likeness (QED) is 0.215. The van der Waals surface area contributed by atoms with E-state index in [0.717, 1.165) is 33.0 Å². The molecule has 0 aliphatic carbocycles. The summed E-state index contributed by atoms with van der Waals surface area (Å²) >= 11 is 1.59. The Labute approximate surface area is 228 Å². The number of hydrogen-bond donors (Lipinski definition) is 2. The highest BCUT2D eigenvalue weighted by molar-refractivity contribution is 7.99. The van der Waals surface area contributed by atoms with Crippen molar-refractivity contribution >= 4 is 29.4 Å². The summed E-state index contributed by atoms with van der Waals surface area (Å²) < 4.78 is 0. The molecule has 6 heteroatoms. The molecule has 0 aliphatic heterocycles. The van der Waals surface area contributed by atoms with Gasteiger partial charge in [-0.15, -0.1) is 0 Å². The largest absolute Gasteiger partial charge is 0.481 e. The van der Waals surface area contributed by atoms with Crippen LogP contribution in [0.3, 0.4) is 0 Å². The van der Waals surface area contributed by atoms with Crippen LogP contribution in [0.4, 0.5) is 10.5 Å². The van der Waals surface area contributed by atoms with E-state index in [0.29, 0.717) is 19.5 Å². The highest BCUT2D eigenvalue weighted by atomic mass is 32.2. The van der Waals surface area contributed by atoms with Crippen LogP contribution < -0.4 is 10.2 Å². The normalized spacial score (nSPS) is 11.5. The summed E-state index contributed by atoms with van der Waals surface area (Å²) in [5.41, 5.74) is 3.85. The Hall–Kier alpha value is -4.03. The van der Waals surface area contributed by atoms with Crippen LogP contribution in [0.15, 0.2) is 119 Å². The molecule has 0 fully saturated rings. The second kappa shape index (κ2) is 13.5. The molecular weight excluding hydrogens is 492 g/mol. The van der Waals surface area contributed by atoms with Crippen LogP contribution >= 0.6 is 11.8 Å². The number of nitrogens with one attached hydrogen (secondary N) is 1. The Morgan fingerprint density at radius 2 is 1.47 bits per heavy atom. The Kier molecular flexibility index (Phi) is 9.59. The van der Waals surface area contributed by atoms with E-state index in [1.807, 2.05) is 104 Å². The van der Waals surface area contributed by atoms with Gasteiger partial charge in [0.1, 0.15) is 0 Å². The third-order valence-corrected chi connectivity index (χ3v) is 7.35. The summed E-state index contributed by atoms with van der Waals surface area (Å²) in [7, 11) is 0. The van der Waals surface area contributed by atoms with Crippen molar-refractivity contribution in [1.29, 1.82) is 0 Å². The van der Waals surface area contributed by atoms with Gasteiger partial charge in [-0.1, -0.05) is 97.5 Å². The number of hydrogen-bond acceptors (Lipinski definition) is 3. The van der Waals surface area contributed by atoms with Crippen molar-refractivity contribution in [2.45, 2.75) is 42.0 Å². The van der Waals surface area contributed by atoms with Crippen LogP contribution in [0.1, 0.15) is 36.0 Å². The number of rotatable bonds is 11. The molecule has 1 atom stereocenters. The number of amides is 2. The van der Waals surface area contributed by atoms with E-state index < -0.39 is 11.9 Å². The average molecular weight is 525 g/mol. The second-order valence-corrected chi connectivity index (χ2v) is 10.1. The SMILES string of the molecule is CCC(C(=O)O)c1ccc(Sc2cccc(N(CCc3ccccc3)C(=O)NCc3ccccc3)c2)cc1. The molecule has 0 spiro atoms. The molecule has 0 aromatic heterocycles. The fraction of sp³-hybridized carbons (Fsp3) is 0.188. The van der Waals surface area contributed by atoms with E-state index in [1.165, 1.54) is 5.56 Å². The molecule has 0 saturated carbocycles. The van der Waals surface area contributed by atoms with Gasteiger partial charge in [0.25, 0.3) is 0 Å². The number of urea groups is 1. The van der Waals surface area contributed by atoms with Crippen molar-refractivity contribution in [2.75, 3.05) is 11.4 Å². The van der Waals surface area contributed by atoms with Gasteiger partial charge in [-0.3, -0.25) is 9.69 Å². The molecule has 4 aromatic carbocycles. The number of carboxylic acid groups (broad SMARTS) is 1. The lowest BCUT2D eigenvalue weighted by Crippen LogP contribution is -2.41. The van der Waals surface area contributed by atoms with Crippen molar-refractivity contribution in [3.05, 3.63) is 126 Å². The maximum absolute atomic E-state index is 13.4. The van der Waals surface area contributed by atoms with Crippen LogP contribution in [0.5, 0.6) is 0 Å². The van der Waals surface area contributed by atoms with Gasteiger partial charge in [-0.25, -0.2) is 4.79 Å². The number of anilines is 1. The van der Waals surface area contributed by atoms with Crippen LogP contribution in [0.2, 0.25) is 0 Å². The van der Waals surface area contributed by atoms with E-state index >= 15 is 0 Å². The Balaban J connectivity index is 1.50. The number of aliphatic carboxylic acids is 1. The Morgan fingerprint density at radius 3 is 2.11 bits per heavy atom. The predicted molar refractivity (Wildman–Crippen MR) is 154 cm³/mol. The van der Waals surface area contributed by atoms with Gasteiger partial charge in [-0.2, -0.15) is 0 Å². The fourth-order valence-corrected chi connectivity index (χ4v) is 5.15. The summed E-state index contributed by atoms with van der Waals surface area (Å²) in [5, 5.41) is 12.5. The summed E-state index contributed by atoms with van der Waals surface area (Å²) in [6.07, 6.45) is 1.29. The molecule has 0 saturated heterocycles. The standard InChI is InChI=1S/C32H32N2O3S/c1-2-30(31(35)36)26-16-18-28(19-17-26)38-29-15-9-14-27(22-29)34(21-20-24-10-5-3-6-11-24)32(37)33-23-25-12-7-4-8-13-25/h3-19,22,30H,2,20-21,23H2,1H3,(H,33,37)(H,35,36). The number of benzene rings is 4. The van der Waals surface area contributed by atoms with Gasteiger partial charge in [0.2, 0.25) is 0 Å².